The lowest BCUT2D eigenvalue weighted by Gasteiger charge is -1.99. The summed E-state index contributed by atoms with van der Waals surface area (Å²) < 4.78 is 0. The van der Waals surface area contributed by atoms with Crippen LogP contribution in [0.4, 0.5) is 0 Å². The molecule has 0 radical (unpaired) electrons. The quantitative estimate of drug-likeness (QED) is 0.721. The molecule has 0 aliphatic rings. The predicted molar refractivity (Wildman–Crippen MR) is 76.9 cm³/mol. The van der Waals surface area contributed by atoms with Crippen molar-refractivity contribution in [1.29, 1.82) is 0 Å². The second-order valence-electron chi connectivity index (χ2n) is 4.93. The number of aromatic amines is 1. The molecule has 3 aromatic rings. The van der Waals surface area contributed by atoms with Gasteiger partial charge in [0, 0.05) is 22.5 Å². The molecular formula is C16H18N2. The van der Waals surface area contributed by atoms with Crippen molar-refractivity contribution >= 4 is 21.8 Å². The van der Waals surface area contributed by atoms with E-state index in [2.05, 4.69) is 48.1 Å². The molecule has 1 aromatic carbocycles. The summed E-state index contributed by atoms with van der Waals surface area (Å²) in [4.78, 5) is 7.84. The molecule has 3 rings (SSSR count). The molecule has 18 heavy (non-hydrogen) atoms. The van der Waals surface area contributed by atoms with E-state index in [1.165, 1.54) is 46.6 Å². The largest absolute Gasteiger partial charge is 0.353 e. The zero-order valence-corrected chi connectivity index (χ0v) is 11.0. The van der Waals surface area contributed by atoms with Crippen LogP contribution in [0.2, 0.25) is 0 Å². The molecule has 0 atom stereocenters. The van der Waals surface area contributed by atoms with Crippen molar-refractivity contribution in [2.24, 2.45) is 0 Å². The van der Waals surface area contributed by atoms with Crippen LogP contribution in [-0.4, -0.2) is 9.97 Å². The molecule has 2 aromatic heterocycles. The molecule has 0 bridgehead atoms. The summed E-state index contributed by atoms with van der Waals surface area (Å²) in [7, 11) is 0. The van der Waals surface area contributed by atoms with Crippen molar-refractivity contribution < 1.29 is 0 Å². The third-order valence-corrected chi connectivity index (χ3v) is 3.59. The van der Waals surface area contributed by atoms with Crippen molar-refractivity contribution in [3.63, 3.8) is 0 Å². The van der Waals surface area contributed by atoms with Crippen LogP contribution in [0.1, 0.15) is 31.0 Å². The summed E-state index contributed by atoms with van der Waals surface area (Å²) in [6, 6.07) is 8.86. The van der Waals surface area contributed by atoms with Gasteiger partial charge in [0.25, 0.3) is 0 Å². The number of fused-ring (bicyclic) bond motifs is 3. The van der Waals surface area contributed by atoms with Crippen molar-refractivity contribution in [3.05, 3.63) is 41.7 Å². The second-order valence-corrected chi connectivity index (χ2v) is 4.93. The van der Waals surface area contributed by atoms with Gasteiger partial charge in [0.05, 0.1) is 11.2 Å². The minimum absolute atomic E-state index is 1.07. The number of rotatable bonds is 3. The standard InChI is InChI=1S/C16H18N2/c1-3-4-5-12-6-7-13-14-8-9-17-11(2)16(14)18-15(13)10-12/h6-10,18H,3-5H2,1-2H3. The van der Waals surface area contributed by atoms with Gasteiger partial charge in [-0.1, -0.05) is 25.5 Å². The van der Waals surface area contributed by atoms with Crippen LogP contribution >= 0.6 is 0 Å². The molecule has 2 nitrogen and oxygen atoms in total. The zero-order chi connectivity index (χ0) is 12.5. The highest BCUT2D eigenvalue weighted by atomic mass is 14.8. The van der Waals surface area contributed by atoms with Crippen molar-refractivity contribution in [2.75, 3.05) is 0 Å². The Bertz CT molecular complexity index is 695. The monoisotopic (exact) mass is 238 g/mol. The van der Waals surface area contributed by atoms with Crippen LogP contribution in [0, 0.1) is 6.92 Å². The number of unbranched alkanes of at least 4 members (excludes halogenated alkanes) is 1. The Labute approximate surface area is 107 Å². The van der Waals surface area contributed by atoms with Gasteiger partial charge in [0.15, 0.2) is 0 Å². The fraction of sp³-hybridized carbons (Fsp3) is 0.312. The van der Waals surface area contributed by atoms with E-state index in [-0.39, 0.29) is 0 Å². The van der Waals surface area contributed by atoms with Crippen molar-refractivity contribution in [3.8, 4) is 0 Å². The zero-order valence-electron chi connectivity index (χ0n) is 11.0. The van der Waals surface area contributed by atoms with Gasteiger partial charge in [0.2, 0.25) is 0 Å². The Balaban J connectivity index is 2.17. The molecule has 0 aliphatic heterocycles. The average molecular weight is 238 g/mol. The topological polar surface area (TPSA) is 28.7 Å². The molecule has 0 aliphatic carbocycles. The summed E-state index contributed by atoms with van der Waals surface area (Å²) in [5.74, 6) is 0. The van der Waals surface area contributed by atoms with Gasteiger partial charge in [-0.3, -0.25) is 4.98 Å². The fourth-order valence-corrected chi connectivity index (χ4v) is 2.55. The van der Waals surface area contributed by atoms with Gasteiger partial charge in [-0.2, -0.15) is 0 Å². The Kier molecular flexibility index (Phi) is 2.78. The smallest absolute Gasteiger partial charge is 0.0681 e. The summed E-state index contributed by atoms with van der Waals surface area (Å²) in [6.45, 7) is 4.28. The van der Waals surface area contributed by atoms with Crippen molar-refractivity contribution in [1.82, 2.24) is 9.97 Å². The van der Waals surface area contributed by atoms with E-state index >= 15 is 0 Å². The van der Waals surface area contributed by atoms with E-state index < -0.39 is 0 Å². The molecule has 1 N–H and O–H groups in total. The maximum Gasteiger partial charge on any atom is 0.0681 e. The van der Waals surface area contributed by atoms with E-state index in [1.54, 1.807) is 0 Å². The molecule has 92 valence electrons. The highest BCUT2D eigenvalue weighted by molar-refractivity contribution is 6.07. The maximum absolute atomic E-state index is 4.34. The number of pyridine rings is 1. The van der Waals surface area contributed by atoms with Crippen LogP contribution in [0.3, 0.4) is 0 Å². The Morgan fingerprint density at radius 1 is 1.17 bits per heavy atom. The molecule has 0 amide bonds. The summed E-state index contributed by atoms with van der Waals surface area (Å²) in [5.41, 5.74) is 4.88. The first kappa shape index (κ1) is 11.3. The minimum Gasteiger partial charge on any atom is -0.353 e. The first-order valence-corrected chi connectivity index (χ1v) is 6.65. The number of hydrogen-bond acceptors (Lipinski definition) is 1. The summed E-state index contributed by atoms with van der Waals surface area (Å²) in [6.07, 6.45) is 5.55. The van der Waals surface area contributed by atoms with E-state index in [9.17, 15) is 0 Å². The Hall–Kier alpha value is -1.83. The fourth-order valence-electron chi connectivity index (χ4n) is 2.55. The van der Waals surface area contributed by atoms with Crippen LogP contribution in [-0.2, 0) is 6.42 Å². The number of aromatic nitrogens is 2. The average Bonchev–Trinajstić information content (AvgIpc) is 2.76. The third kappa shape index (κ3) is 1.78. The van der Waals surface area contributed by atoms with E-state index in [1.807, 2.05) is 6.20 Å². The van der Waals surface area contributed by atoms with Gasteiger partial charge in [0.1, 0.15) is 0 Å². The van der Waals surface area contributed by atoms with Crippen LogP contribution in [0.15, 0.2) is 30.5 Å². The van der Waals surface area contributed by atoms with Gasteiger partial charge in [-0.25, -0.2) is 0 Å². The summed E-state index contributed by atoms with van der Waals surface area (Å²) >= 11 is 0. The SMILES string of the molecule is CCCCc1ccc2c(c1)[nH]c1c(C)nccc12. The number of hydrogen-bond donors (Lipinski definition) is 1. The van der Waals surface area contributed by atoms with E-state index in [0.717, 1.165) is 5.69 Å². The first-order valence-electron chi connectivity index (χ1n) is 6.65. The molecule has 0 unspecified atom stereocenters. The lowest BCUT2D eigenvalue weighted by molar-refractivity contribution is 0.796. The number of nitrogens with one attached hydrogen (secondary N) is 1. The number of nitrogens with zero attached hydrogens (tertiary/aromatic N) is 1. The molecule has 2 heterocycles. The number of aryl methyl sites for hydroxylation is 2. The third-order valence-electron chi connectivity index (χ3n) is 3.59. The van der Waals surface area contributed by atoms with E-state index in [0.29, 0.717) is 0 Å². The van der Waals surface area contributed by atoms with Crippen LogP contribution in [0.5, 0.6) is 0 Å². The predicted octanol–water partition coefficient (Wildman–Crippen LogP) is 4.37. The van der Waals surface area contributed by atoms with Crippen molar-refractivity contribution in [2.45, 2.75) is 33.1 Å². The lowest BCUT2D eigenvalue weighted by atomic mass is 10.1. The van der Waals surface area contributed by atoms with E-state index in [4.69, 9.17) is 0 Å². The highest BCUT2D eigenvalue weighted by Crippen LogP contribution is 2.27. The van der Waals surface area contributed by atoms with Gasteiger partial charge >= 0.3 is 0 Å². The lowest BCUT2D eigenvalue weighted by Crippen LogP contribution is -1.83. The van der Waals surface area contributed by atoms with Gasteiger partial charge < -0.3 is 4.98 Å². The van der Waals surface area contributed by atoms with Crippen LogP contribution < -0.4 is 0 Å². The van der Waals surface area contributed by atoms with Gasteiger partial charge in [-0.15, -0.1) is 0 Å². The Morgan fingerprint density at radius 3 is 2.89 bits per heavy atom. The minimum atomic E-state index is 1.07. The molecule has 2 heteroatoms. The molecule has 0 fully saturated rings. The first-order chi connectivity index (χ1) is 8.79. The molecular weight excluding hydrogens is 220 g/mol. The molecule has 0 saturated heterocycles. The second kappa shape index (κ2) is 4.45. The number of H-pyrrole nitrogens is 1. The summed E-state index contributed by atoms with van der Waals surface area (Å²) in [5, 5.41) is 2.58. The molecule has 0 saturated carbocycles. The highest BCUT2D eigenvalue weighted by Gasteiger charge is 2.06. The van der Waals surface area contributed by atoms with Gasteiger partial charge in [-0.05, 0) is 37.5 Å². The number of benzene rings is 1. The van der Waals surface area contributed by atoms with Crippen LogP contribution in [0.25, 0.3) is 21.8 Å². The molecule has 0 spiro atoms. The normalized spacial score (nSPS) is 11.4. The maximum atomic E-state index is 4.34. The Morgan fingerprint density at radius 2 is 2.06 bits per heavy atom.